The van der Waals surface area contributed by atoms with Crippen LogP contribution in [0.5, 0.6) is 0 Å². The maximum absolute atomic E-state index is 13.5. The minimum Gasteiger partial charge on any atom is -0.461 e. The van der Waals surface area contributed by atoms with E-state index in [9.17, 15) is 4.79 Å². The van der Waals surface area contributed by atoms with Crippen molar-refractivity contribution in [3.8, 4) is 11.6 Å². The van der Waals surface area contributed by atoms with Gasteiger partial charge in [-0.05, 0) is 40.1 Å². The van der Waals surface area contributed by atoms with Crippen molar-refractivity contribution >= 4 is 34.2 Å². The zero-order chi connectivity index (χ0) is 24.5. The molecule has 6 rings (SSSR count). The molecule has 0 radical (unpaired) electrons. The SMILES string of the molecule is Cn1c(SCC(=O)N2N=C(c3ccc4ccccc4c3)CC2c2ccccc2)nnc1-c1ccco1. The fourth-order valence-corrected chi connectivity index (χ4v) is 5.24. The highest BCUT2D eigenvalue weighted by atomic mass is 32.2. The first-order chi connectivity index (χ1) is 17.7. The Bertz CT molecular complexity index is 1560. The van der Waals surface area contributed by atoms with E-state index in [-0.39, 0.29) is 17.7 Å². The smallest absolute Gasteiger partial charge is 0.253 e. The van der Waals surface area contributed by atoms with Crippen LogP contribution in [-0.2, 0) is 11.8 Å². The fraction of sp³-hybridized carbons (Fsp3) is 0.143. The van der Waals surface area contributed by atoms with Gasteiger partial charge < -0.3 is 8.98 Å². The molecule has 7 nitrogen and oxygen atoms in total. The number of furan rings is 1. The van der Waals surface area contributed by atoms with E-state index in [0.717, 1.165) is 22.2 Å². The molecule has 2 aromatic heterocycles. The second kappa shape index (κ2) is 9.47. The van der Waals surface area contributed by atoms with E-state index in [2.05, 4.69) is 52.7 Å². The highest BCUT2D eigenvalue weighted by Gasteiger charge is 2.33. The van der Waals surface area contributed by atoms with Gasteiger partial charge in [-0.1, -0.05) is 78.5 Å². The van der Waals surface area contributed by atoms with Gasteiger partial charge in [-0.25, -0.2) is 5.01 Å². The molecule has 0 aliphatic carbocycles. The summed E-state index contributed by atoms with van der Waals surface area (Å²) in [4.78, 5) is 13.5. The molecule has 0 bridgehead atoms. The first kappa shape index (κ1) is 22.3. The van der Waals surface area contributed by atoms with Crippen molar-refractivity contribution in [1.82, 2.24) is 19.8 Å². The van der Waals surface area contributed by atoms with E-state index < -0.39 is 0 Å². The summed E-state index contributed by atoms with van der Waals surface area (Å²) < 4.78 is 7.27. The molecule has 0 N–H and O–H groups in total. The fourth-order valence-electron chi connectivity index (χ4n) is 4.47. The average Bonchev–Trinajstić information content (AvgIpc) is 3.68. The number of aromatic nitrogens is 3. The minimum absolute atomic E-state index is 0.0767. The second-order valence-electron chi connectivity index (χ2n) is 8.61. The Morgan fingerprint density at radius 1 is 0.972 bits per heavy atom. The third kappa shape index (κ3) is 4.20. The molecule has 8 heteroatoms. The van der Waals surface area contributed by atoms with Gasteiger partial charge in [-0.15, -0.1) is 10.2 Å². The number of rotatable bonds is 6. The van der Waals surface area contributed by atoms with Gasteiger partial charge in [0.1, 0.15) is 0 Å². The molecule has 1 aliphatic heterocycles. The number of hydrogen-bond donors (Lipinski definition) is 0. The van der Waals surface area contributed by atoms with E-state index in [0.29, 0.717) is 23.2 Å². The molecule has 3 aromatic carbocycles. The van der Waals surface area contributed by atoms with Crippen molar-refractivity contribution in [2.75, 3.05) is 5.75 Å². The summed E-state index contributed by atoms with van der Waals surface area (Å²) in [6, 6.07) is 28.2. The monoisotopic (exact) mass is 493 g/mol. The molecule has 1 aliphatic rings. The summed E-state index contributed by atoms with van der Waals surface area (Å²) >= 11 is 1.34. The molecular formula is C28H23N5O2S. The number of carbonyl (C=O) groups is 1. The van der Waals surface area contributed by atoms with Crippen LogP contribution in [0.15, 0.2) is 106 Å². The summed E-state index contributed by atoms with van der Waals surface area (Å²) in [5.74, 6) is 1.38. The predicted octanol–water partition coefficient (Wildman–Crippen LogP) is 5.70. The van der Waals surface area contributed by atoms with E-state index in [1.165, 1.54) is 17.1 Å². The van der Waals surface area contributed by atoms with Gasteiger partial charge in [0.2, 0.25) is 0 Å². The Balaban J connectivity index is 1.26. The molecule has 1 atom stereocenters. The van der Waals surface area contributed by atoms with Gasteiger partial charge in [0.15, 0.2) is 16.7 Å². The van der Waals surface area contributed by atoms with Crippen LogP contribution in [0.4, 0.5) is 0 Å². The molecule has 1 unspecified atom stereocenters. The van der Waals surface area contributed by atoms with Crippen LogP contribution in [0.3, 0.4) is 0 Å². The van der Waals surface area contributed by atoms with E-state index in [1.54, 1.807) is 11.3 Å². The van der Waals surface area contributed by atoms with Crippen molar-refractivity contribution in [3.05, 3.63) is 102 Å². The number of carbonyl (C=O) groups excluding carboxylic acids is 1. The highest BCUT2D eigenvalue weighted by molar-refractivity contribution is 7.99. The average molecular weight is 494 g/mol. The van der Waals surface area contributed by atoms with Crippen molar-refractivity contribution in [1.29, 1.82) is 0 Å². The van der Waals surface area contributed by atoms with Crippen molar-refractivity contribution in [2.45, 2.75) is 17.6 Å². The molecule has 178 valence electrons. The van der Waals surface area contributed by atoms with Gasteiger partial charge in [-0.3, -0.25) is 4.79 Å². The van der Waals surface area contributed by atoms with Gasteiger partial charge in [0.05, 0.1) is 23.8 Å². The van der Waals surface area contributed by atoms with Crippen molar-refractivity contribution in [3.63, 3.8) is 0 Å². The second-order valence-corrected chi connectivity index (χ2v) is 9.55. The lowest BCUT2D eigenvalue weighted by atomic mass is 9.97. The molecule has 0 saturated heterocycles. The highest BCUT2D eigenvalue weighted by Crippen LogP contribution is 2.34. The molecule has 1 amide bonds. The Hall–Kier alpha value is -4.17. The first-order valence-corrected chi connectivity index (χ1v) is 12.7. The summed E-state index contributed by atoms with van der Waals surface area (Å²) in [5.41, 5.74) is 3.01. The maximum Gasteiger partial charge on any atom is 0.253 e. The van der Waals surface area contributed by atoms with Crippen LogP contribution >= 0.6 is 11.8 Å². The molecular weight excluding hydrogens is 470 g/mol. The first-order valence-electron chi connectivity index (χ1n) is 11.7. The molecule has 0 saturated carbocycles. The number of nitrogens with zero attached hydrogens (tertiary/aromatic N) is 5. The van der Waals surface area contributed by atoms with Gasteiger partial charge in [-0.2, -0.15) is 5.10 Å². The van der Waals surface area contributed by atoms with Crippen LogP contribution in [0.25, 0.3) is 22.4 Å². The van der Waals surface area contributed by atoms with E-state index in [1.807, 2.05) is 54.1 Å². The third-order valence-corrected chi connectivity index (χ3v) is 7.34. The van der Waals surface area contributed by atoms with E-state index >= 15 is 0 Å². The zero-order valence-corrected chi connectivity index (χ0v) is 20.4. The number of fused-ring (bicyclic) bond motifs is 1. The quantitative estimate of drug-likeness (QED) is 0.284. The van der Waals surface area contributed by atoms with Crippen LogP contribution in [-0.4, -0.2) is 37.1 Å². The lowest BCUT2D eigenvalue weighted by Gasteiger charge is -2.21. The van der Waals surface area contributed by atoms with Gasteiger partial charge in [0, 0.05) is 13.5 Å². The molecule has 36 heavy (non-hydrogen) atoms. The lowest BCUT2D eigenvalue weighted by Crippen LogP contribution is -2.28. The molecule has 3 heterocycles. The minimum atomic E-state index is -0.154. The summed E-state index contributed by atoms with van der Waals surface area (Å²) in [6.07, 6.45) is 2.26. The third-order valence-electron chi connectivity index (χ3n) is 6.33. The van der Waals surface area contributed by atoms with Gasteiger partial charge >= 0.3 is 0 Å². The molecule has 0 spiro atoms. The Labute approximate surface area is 212 Å². The lowest BCUT2D eigenvalue weighted by molar-refractivity contribution is -0.130. The summed E-state index contributed by atoms with van der Waals surface area (Å²) in [7, 11) is 1.86. The number of thioether (sulfide) groups is 1. The maximum atomic E-state index is 13.5. The number of amides is 1. The zero-order valence-electron chi connectivity index (χ0n) is 19.6. The topological polar surface area (TPSA) is 76.5 Å². The molecule has 0 fully saturated rings. The summed E-state index contributed by atoms with van der Waals surface area (Å²) in [5, 5.41) is 17.9. The van der Waals surface area contributed by atoms with Crippen molar-refractivity contribution in [2.24, 2.45) is 12.1 Å². The number of benzene rings is 3. The Morgan fingerprint density at radius 2 is 1.78 bits per heavy atom. The Morgan fingerprint density at radius 3 is 2.58 bits per heavy atom. The van der Waals surface area contributed by atoms with Crippen LogP contribution in [0.2, 0.25) is 0 Å². The largest absolute Gasteiger partial charge is 0.461 e. The summed E-state index contributed by atoms with van der Waals surface area (Å²) in [6.45, 7) is 0. The number of hydrazone groups is 1. The standard InChI is InChI=1S/C28H23N5O2S/c1-32-27(25-12-7-15-35-25)29-30-28(32)36-18-26(34)33-24(20-9-3-2-4-10-20)17-23(31-33)22-14-13-19-8-5-6-11-21(19)16-22/h2-16,24H,17-18H2,1H3. The van der Waals surface area contributed by atoms with Crippen LogP contribution < -0.4 is 0 Å². The van der Waals surface area contributed by atoms with Gasteiger partial charge in [0.25, 0.3) is 5.91 Å². The van der Waals surface area contributed by atoms with E-state index in [4.69, 9.17) is 9.52 Å². The predicted molar refractivity (Wildman–Crippen MR) is 141 cm³/mol. The normalized spacial score (nSPS) is 15.4. The molecule has 5 aromatic rings. The van der Waals surface area contributed by atoms with Crippen LogP contribution in [0.1, 0.15) is 23.6 Å². The Kier molecular flexibility index (Phi) is 5.87. The number of hydrogen-bond acceptors (Lipinski definition) is 6. The van der Waals surface area contributed by atoms with Crippen molar-refractivity contribution < 1.29 is 9.21 Å². The van der Waals surface area contributed by atoms with Crippen LogP contribution in [0, 0.1) is 0 Å².